The van der Waals surface area contributed by atoms with Crippen LogP contribution in [0.4, 0.5) is 0 Å². The SMILES string of the molecule is CCOc1cnc(C(=O)N2CCCC(OC)C2)cn1. The Morgan fingerprint density at radius 2 is 2.32 bits per heavy atom. The molecule has 0 aromatic carbocycles. The molecule has 0 saturated carbocycles. The van der Waals surface area contributed by atoms with Crippen molar-refractivity contribution in [2.75, 3.05) is 26.8 Å². The zero-order valence-corrected chi connectivity index (χ0v) is 11.3. The first kappa shape index (κ1) is 13.7. The van der Waals surface area contributed by atoms with E-state index < -0.39 is 0 Å². The van der Waals surface area contributed by atoms with Gasteiger partial charge in [0, 0.05) is 20.2 Å². The number of hydrogen-bond acceptors (Lipinski definition) is 5. The van der Waals surface area contributed by atoms with Crippen molar-refractivity contribution in [3.8, 4) is 5.88 Å². The summed E-state index contributed by atoms with van der Waals surface area (Å²) in [6.45, 7) is 3.76. The number of ether oxygens (including phenoxy) is 2. The van der Waals surface area contributed by atoms with Gasteiger partial charge in [0.25, 0.3) is 5.91 Å². The van der Waals surface area contributed by atoms with Crippen LogP contribution in [-0.2, 0) is 4.74 Å². The molecular weight excluding hydrogens is 246 g/mol. The quantitative estimate of drug-likeness (QED) is 0.816. The highest BCUT2D eigenvalue weighted by Crippen LogP contribution is 2.15. The van der Waals surface area contributed by atoms with Crippen molar-refractivity contribution in [2.24, 2.45) is 0 Å². The predicted molar refractivity (Wildman–Crippen MR) is 69.1 cm³/mol. The van der Waals surface area contributed by atoms with Crippen LogP contribution in [0.25, 0.3) is 0 Å². The van der Waals surface area contributed by atoms with Gasteiger partial charge in [0.2, 0.25) is 5.88 Å². The summed E-state index contributed by atoms with van der Waals surface area (Å²) in [5.41, 5.74) is 0.347. The number of methoxy groups -OCH3 is 1. The third-order valence-corrected chi connectivity index (χ3v) is 3.14. The van der Waals surface area contributed by atoms with Crippen molar-refractivity contribution in [3.05, 3.63) is 18.1 Å². The summed E-state index contributed by atoms with van der Waals surface area (Å²) in [6.07, 6.45) is 5.01. The molecule has 1 unspecified atom stereocenters. The maximum Gasteiger partial charge on any atom is 0.274 e. The highest BCUT2D eigenvalue weighted by Gasteiger charge is 2.25. The van der Waals surface area contributed by atoms with Crippen LogP contribution in [0.5, 0.6) is 5.88 Å². The Morgan fingerprint density at radius 3 is 2.95 bits per heavy atom. The second kappa shape index (κ2) is 6.47. The lowest BCUT2D eigenvalue weighted by Crippen LogP contribution is -2.43. The van der Waals surface area contributed by atoms with Gasteiger partial charge < -0.3 is 14.4 Å². The Balaban J connectivity index is 2.02. The molecule has 1 aliphatic heterocycles. The van der Waals surface area contributed by atoms with E-state index in [4.69, 9.17) is 9.47 Å². The second-order valence-electron chi connectivity index (χ2n) is 4.42. The van der Waals surface area contributed by atoms with Crippen molar-refractivity contribution >= 4 is 5.91 Å². The maximum absolute atomic E-state index is 12.3. The molecule has 19 heavy (non-hydrogen) atoms. The van der Waals surface area contributed by atoms with Crippen molar-refractivity contribution in [1.29, 1.82) is 0 Å². The molecule has 0 radical (unpaired) electrons. The van der Waals surface area contributed by atoms with Crippen molar-refractivity contribution in [2.45, 2.75) is 25.9 Å². The number of rotatable bonds is 4. The van der Waals surface area contributed by atoms with E-state index >= 15 is 0 Å². The first-order valence-electron chi connectivity index (χ1n) is 6.51. The van der Waals surface area contributed by atoms with Gasteiger partial charge in [0.05, 0.1) is 25.1 Å². The molecule has 0 bridgehead atoms. The smallest absolute Gasteiger partial charge is 0.274 e. The van der Waals surface area contributed by atoms with Gasteiger partial charge in [-0.3, -0.25) is 4.79 Å². The van der Waals surface area contributed by atoms with Crippen LogP contribution in [-0.4, -0.2) is 53.7 Å². The minimum atomic E-state index is -0.0997. The normalized spacial score (nSPS) is 19.3. The number of carbonyl (C=O) groups excluding carboxylic acids is 1. The van der Waals surface area contributed by atoms with Gasteiger partial charge in [-0.1, -0.05) is 0 Å². The summed E-state index contributed by atoms with van der Waals surface area (Å²) in [4.78, 5) is 22.2. The van der Waals surface area contributed by atoms with E-state index in [0.29, 0.717) is 24.7 Å². The van der Waals surface area contributed by atoms with Crippen LogP contribution in [0.1, 0.15) is 30.3 Å². The van der Waals surface area contributed by atoms with Crippen LogP contribution in [0, 0.1) is 0 Å². The molecule has 104 valence electrons. The molecular formula is C13H19N3O3. The van der Waals surface area contributed by atoms with Crippen molar-refractivity contribution < 1.29 is 14.3 Å². The molecule has 2 heterocycles. The minimum absolute atomic E-state index is 0.0997. The maximum atomic E-state index is 12.3. The van der Waals surface area contributed by atoms with E-state index in [1.54, 1.807) is 12.0 Å². The average Bonchev–Trinajstić information content (AvgIpc) is 2.48. The zero-order chi connectivity index (χ0) is 13.7. The molecule has 1 aromatic heterocycles. The highest BCUT2D eigenvalue weighted by molar-refractivity contribution is 5.92. The van der Waals surface area contributed by atoms with E-state index in [1.165, 1.54) is 12.4 Å². The van der Waals surface area contributed by atoms with Crippen LogP contribution in [0.15, 0.2) is 12.4 Å². The Bertz CT molecular complexity index is 422. The first-order chi connectivity index (χ1) is 9.24. The Hall–Kier alpha value is -1.69. The van der Waals surface area contributed by atoms with Gasteiger partial charge in [-0.05, 0) is 19.8 Å². The number of hydrogen-bond donors (Lipinski definition) is 0. The topological polar surface area (TPSA) is 64.5 Å². The van der Waals surface area contributed by atoms with Crippen LogP contribution >= 0.6 is 0 Å². The fourth-order valence-corrected chi connectivity index (χ4v) is 2.13. The van der Waals surface area contributed by atoms with Crippen LogP contribution in [0.2, 0.25) is 0 Å². The van der Waals surface area contributed by atoms with E-state index in [0.717, 1.165) is 19.4 Å². The van der Waals surface area contributed by atoms with Crippen molar-refractivity contribution in [1.82, 2.24) is 14.9 Å². The lowest BCUT2D eigenvalue weighted by atomic mass is 10.1. The Kier molecular flexibility index (Phi) is 4.68. The number of piperidine rings is 1. The summed E-state index contributed by atoms with van der Waals surface area (Å²) in [7, 11) is 1.68. The van der Waals surface area contributed by atoms with E-state index in [-0.39, 0.29) is 12.0 Å². The van der Waals surface area contributed by atoms with Gasteiger partial charge >= 0.3 is 0 Å². The summed E-state index contributed by atoms with van der Waals surface area (Å²) in [5.74, 6) is 0.338. The first-order valence-corrected chi connectivity index (χ1v) is 6.51. The lowest BCUT2D eigenvalue weighted by Gasteiger charge is -2.31. The standard InChI is InChI=1S/C13H19N3O3/c1-3-19-12-8-14-11(7-15-12)13(17)16-6-4-5-10(9-16)18-2/h7-8,10H,3-6,9H2,1-2H3. The Labute approximate surface area is 112 Å². The highest BCUT2D eigenvalue weighted by atomic mass is 16.5. The predicted octanol–water partition coefficient (Wildman–Crippen LogP) is 1.13. The van der Waals surface area contributed by atoms with Crippen molar-refractivity contribution in [3.63, 3.8) is 0 Å². The summed E-state index contributed by atoms with van der Waals surface area (Å²) in [5, 5.41) is 0. The molecule has 2 rings (SSSR count). The number of likely N-dealkylation sites (tertiary alicyclic amines) is 1. The average molecular weight is 265 g/mol. The van der Waals surface area contributed by atoms with Gasteiger partial charge in [0.15, 0.2) is 0 Å². The van der Waals surface area contributed by atoms with Gasteiger partial charge in [-0.25, -0.2) is 9.97 Å². The molecule has 1 amide bonds. The zero-order valence-electron chi connectivity index (χ0n) is 11.3. The molecule has 1 saturated heterocycles. The van der Waals surface area contributed by atoms with E-state index in [2.05, 4.69) is 9.97 Å². The molecule has 1 atom stereocenters. The lowest BCUT2D eigenvalue weighted by molar-refractivity contribution is 0.0265. The van der Waals surface area contributed by atoms with E-state index in [1.807, 2.05) is 6.92 Å². The molecule has 0 aliphatic carbocycles. The molecule has 1 aromatic rings. The largest absolute Gasteiger partial charge is 0.477 e. The van der Waals surface area contributed by atoms with Crippen LogP contribution < -0.4 is 4.74 Å². The second-order valence-corrected chi connectivity index (χ2v) is 4.42. The number of aromatic nitrogens is 2. The fourth-order valence-electron chi connectivity index (χ4n) is 2.13. The molecule has 1 fully saturated rings. The number of nitrogens with zero attached hydrogens (tertiary/aromatic N) is 3. The molecule has 0 N–H and O–H groups in total. The minimum Gasteiger partial charge on any atom is -0.477 e. The summed E-state index contributed by atoms with van der Waals surface area (Å²) < 4.78 is 10.5. The Morgan fingerprint density at radius 1 is 1.47 bits per heavy atom. The molecule has 1 aliphatic rings. The third kappa shape index (κ3) is 3.41. The number of carbonyl (C=O) groups is 1. The third-order valence-electron chi connectivity index (χ3n) is 3.14. The number of amides is 1. The molecule has 6 nitrogen and oxygen atoms in total. The van der Waals surface area contributed by atoms with Crippen LogP contribution in [0.3, 0.4) is 0 Å². The van der Waals surface area contributed by atoms with Gasteiger partial charge in [-0.15, -0.1) is 0 Å². The van der Waals surface area contributed by atoms with Gasteiger partial charge in [-0.2, -0.15) is 0 Å². The van der Waals surface area contributed by atoms with Gasteiger partial charge in [0.1, 0.15) is 5.69 Å². The summed E-state index contributed by atoms with van der Waals surface area (Å²) in [6, 6.07) is 0. The summed E-state index contributed by atoms with van der Waals surface area (Å²) >= 11 is 0. The molecule has 6 heteroatoms. The fraction of sp³-hybridized carbons (Fsp3) is 0.615. The monoisotopic (exact) mass is 265 g/mol. The van der Waals surface area contributed by atoms with E-state index in [9.17, 15) is 4.79 Å². The molecule has 0 spiro atoms.